The van der Waals surface area contributed by atoms with Gasteiger partial charge in [-0.05, 0) is 13.8 Å². The maximum atomic E-state index is 5.48. The fourth-order valence-corrected chi connectivity index (χ4v) is 1.40. The van der Waals surface area contributed by atoms with Crippen LogP contribution in [0.5, 0.6) is 0 Å². The number of nitrogens with zero attached hydrogens (tertiary/aromatic N) is 2. The van der Waals surface area contributed by atoms with Crippen molar-refractivity contribution in [2.45, 2.75) is 40.4 Å². The SMILES string of the molecule is CC.CC(C)OCCOCc1cnc2occn12. The number of fused-ring (bicyclic) bond motifs is 1. The molecule has 5 heteroatoms. The number of aromatic nitrogens is 2. The minimum Gasteiger partial charge on any atom is -0.432 e. The highest BCUT2D eigenvalue weighted by atomic mass is 16.5. The van der Waals surface area contributed by atoms with Crippen molar-refractivity contribution < 1.29 is 13.9 Å². The lowest BCUT2D eigenvalue weighted by molar-refractivity contribution is 0.0134. The van der Waals surface area contributed by atoms with Crippen molar-refractivity contribution in [3.8, 4) is 0 Å². The molecule has 0 fully saturated rings. The molecule has 2 aromatic rings. The molecule has 0 saturated heterocycles. The van der Waals surface area contributed by atoms with Crippen LogP contribution in [-0.2, 0) is 16.1 Å². The Hall–Kier alpha value is -1.33. The number of hydrogen-bond acceptors (Lipinski definition) is 4. The van der Waals surface area contributed by atoms with Gasteiger partial charge in [0, 0.05) is 6.20 Å². The van der Waals surface area contributed by atoms with Crippen molar-refractivity contribution in [1.29, 1.82) is 0 Å². The van der Waals surface area contributed by atoms with Crippen LogP contribution in [-0.4, -0.2) is 28.7 Å². The summed E-state index contributed by atoms with van der Waals surface area (Å²) >= 11 is 0. The third-order valence-corrected chi connectivity index (χ3v) is 2.15. The highest BCUT2D eigenvalue weighted by Gasteiger charge is 2.04. The summed E-state index contributed by atoms with van der Waals surface area (Å²) < 4.78 is 17.8. The normalized spacial score (nSPS) is 10.7. The van der Waals surface area contributed by atoms with Gasteiger partial charge in [0.05, 0.1) is 37.8 Å². The first-order chi connectivity index (χ1) is 8.77. The van der Waals surface area contributed by atoms with Crippen molar-refractivity contribution >= 4 is 5.84 Å². The molecular formula is C13H22N2O3. The summed E-state index contributed by atoms with van der Waals surface area (Å²) in [5, 5.41) is 0. The second-order valence-corrected chi connectivity index (χ2v) is 3.78. The minimum absolute atomic E-state index is 0.249. The molecule has 0 aliphatic rings. The molecule has 0 saturated carbocycles. The molecule has 0 aliphatic carbocycles. The van der Waals surface area contributed by atoms with Crippen LogP contribution in [0.25, 0.3) is 5.84 Å². The van der Waals surface area contributed by atoms with E-state index in [4.69, 9.17) is 13.9 Å². The van der Waals surface area contributed by atoms with E-state index in [0.29, 0.717) is 25.7 Å². The van der Waals surface area contributed by atoms with E-state index in [9.17, 15) is 0 Å². The highest BCUT2D eigenvalue weighted by molar-refractivity contribution is 5.26. The van der Waals surface area contributed by atoms with Crippen LogP contribution in [0.1, 0.15) is 33.4 Å². The van der Waals surface area contributed by atoms with Crippen molar-refractivity contribution in [1.82, 2.24) is 9.38 Å². The lowest BCUT2D eigenvalue weighted by Gasteiger charge is -2.07. The molecule has 5 nitrogen and oxygen atoms in total. The Morgan fingerprint density at radius 3 is 2.83 bits per heavy atom. The molecule has 0 unspecified atom stereocenters. The van der Waals surface area contributed by atoms with E-state index in [1.807, 2.05) is 38.3 Å². The van der Waals surface area contributed by atoms with E-state index in [1.165, 1.54) is 0 Å². The molecular weight excluding hydrogens is 232 g/mol. The van der Waals surface area contributed by atoms with E-state index in [0.717, 1.165) is 5.69 Å². The molecule has 0 bridgehead atoms. The van der Waals surface area contributed by atoms with Crippen molar-refractivity contribution in [2.75, 3.05) is 13.2 Å². The van der Waals surface area contributed by atoms with Crippen LogP contribution in [0.15, 0.2) is 23.1 Å². The average Bonchev–Trinajstić information content (AvgIpc) is 2.95. The Morgan fingerprint density at radius 2 is 2.11 bits per heavy atom. The van der Waals surface area contributed by atoms with Gasteiger partial charge < -0.3 is 13.9 Å². The molecule has 0 spiro atoms. The summed E-state index contributed by atoms with van der Waals surface area (Å²) in [4.78, 5) is 4.09. The average molecular weight is 254 g/mol. The van der Waals surface area contributed by atoms with Gasteiger partial charge in [-0.25, -0.2) is 4.98 Å². The summed E-state index contributed by atoms with van der Waals surface area (Å²) in [5.41, 5.74) is 0.980. The summed E-state index contributed by atoms with van der Waals surface area (Å²) in [7, 11) is 0. The molecule has 18 heavy (non-hydrogen) atoms. The van der Waals surface area contributed by atoms with Crippen molar-refractivity contribution in [2.24, 2.45) is 0 Å². The molecule has 0 radical (unpaired) electrons. The van der Waals surface area contributed by atoms with Crippen LogP contribution >= 0.6 is 0 Å². The van der Waals surface area contributed by atoms with Crippen LogP contribution in [0.3, 0.4) is 0 Å². The number of oxazole rings is 1. The number of rotatable bonds is 6. The van der Waals surface area contributed by atoms with E-state index >= 15 is 0 Å². The molecule has 2 aromatic heterocycles. The predicted octanol–water partition coefficient (Wildman–Crippen LogP) is 2.90. The van der Waals surface area contributed by atoms with Crippen LogP contribution < -0.4 is 0 Å². The van der Waals surface area contributed by atoms with Crippen LogP contribution in [0, 0.1) is 0 Å². The van der Waals surface area contributed by atoms with Gasteiger partial charge in [0.2, 0.25) is 0 Å². The van der Waals surface area contributed by atoms with E-state index in [2.05, 4.69) is 4.98 Å². The second-order valence-electron chi connectivity index (χ2n) is 3.78. The molecule has 2 heterocycles. The lowest BCUT2D eigenvalue weighted by atomic mass is 10.5. The molecule has 0 N–H and O–H groups in total. The van der Waals surface area contributed by atoms with E-state index < -0.39 is 0 Å². The Bertz CT molecular complexity index is 434. The summed E-state index contributed by atoms with van der Waals surface area (Å²) in [6, 6.07) is 0. The monoisotopic (exact) mass is 254 g/mol. The zero-order valence-corrected chi connectivity index (χ0v) is 11.5. The van der Waals surface area contributed by atoms with Gasteiger partial charge in [-0.2, -0.15) is 0 Å². The zero-order valence-electron chi connectivity index (χ0n) is 11.5. The summed E-state index contributed by atoms with van der Waals surface area (Å²) in [6.45, 7) is 9.73. The number of hydrogen-bond donors (Lipinski definition) is 0. The van der Waals surface area contributed by atoms with Gasteiger partial charge >= 0.3 is 5.84 Å². The van der Waals surface area contributed by atoms with Gasteiger partial charge in [0.15, 0.2) is 0 Å². The summed E-state index contributed by atoms with van der Waals surface area (Å²) in [5.74, 6) is 0.594. The van der Waals surface area contributed by atoms with Crippen molar-refractivity contribution in [3.63, 3.8) is 0 Å². The van der Waals surface area contributed by atoms with Gasteiger partial charge in [0.25, 0.3) is 0 Å². The fraction of sp³-hybridized carbons (Fsp3) is 0.615. The first-order valence-corrected chi connectivity index (χ1v) is 6.36. The molecule has 0 atom stereocenters. The first kappa shape index (κ1) is 14.7. The fourth-order valence-electron chi connectivity index (χ4n) is 1.40. The summed E-state index contributed by atoms with van der Waals surface area (Å²) in [6.07, 6.45) is 5.43. The number of imidazole rings is 1. The van der Waals surface area contributed by atoms with Crippen molar-refractivity contribution in [3.05, 3.63) is 24.4 Å². The third kappa shape index (κ3) is 4.16. The Kier molecular flexibility index (Phi) is 6.46. The predicted molar refractivity (Wildman–Crippen MR) is 69.6 cm³/mol. The number of ether oxygens (including phenoxy) is 2. The van der Waals surface area contributed by atoms with Gasteiger partial charge in [-0.15, -0.1) is 0 Å². The molecule has 2 rings (SSSR count). The van der Waals surface area contributed by atoms with Gasteiger partial charge in [-0.3, -0.25) is 4.40 Å². The molecule has 0 amide bonds. The maximum absolute atomic E-state index is 5.48. The molecule has 0 aliphatic heterocycles. The largest absolute Gasteiger partial charge is 0.432 e. The topological polar surface area (TPSA) is 48.9 Å². The van der Waals surface area contributed by atoms with E-state index in [1.54, 1.807) is 12.5 Å². The quantitative estimate of drug-likeness (QED) is 0.744. The minimum atomic E-state index is 0.249. The van der Waals surface area contributed by atoms with E-state index in [-0.39, 0.29) is 6.10 Å². The van der Waals surface area contributed by atoms with Gasteiger partial charge in [-0.1, -0.05) is 13.8 Å². The second kappa shape index (κ2) is 7.89. The zero-order chi connectivity index (χ0) is 13.4. The highest BCUT2D eigenvalue weighted by Crippen LogP contribution is 2.07. The smallest absolute Gasteiger partial charge is 0.305 e. The Labute approximate surface area is 108 Å². The lowest BCUT2D eigenvalue weighted by Crippen LogP contribution is -2.09. The maximum Gasteiger partial charge on any atom is 0.305 e. The molecule has 0 aromatic carbocycles. The Balaban J connectivity index is 0.000000771. The van der Waals surface area contributed by atoms with Crippen LogP contribution in [0.4, 0.5) is 0 Å². The standard InChI is InChI=1S/C11H16N2O3.C2H6/c1-9(2)15-6-5-14-8-10-7-12-11-13(10)3-4-16-11;1-2/h3-4,7,9H,5-6,8H2,1-2H3;1-2H3. The third-order valence-electron chi connectivity index (χ3n) is 2.15. The first-order valence-electron chi connectivity index (χ1n) is 6.36. The Morgan fingerprint density at radius 1 is 1.33 bits per heavy atom. The van der Waals surface area contributed by atoms with Crippen LogP contribution in [0.2, 0.25) is 0 Å². The van der Waals surface area contributed by atoms with Gasteiger partial charge in [0.1, 0.15) is 6.26 Å². The molecule has 102 valence electrons.